The molecule has 0 amide bonds. The van der Waals surface area contributed by atoms with Crippen LogP contribution in [0.15, 0.2) is 41.6 Å². The molecule has 2 aliphatic rings. The van der Waals surface area contributed by atoms with Crippen molar-refractivity contribution in [2.75, 3.05) is 25.5 Å². The van der Waals surface area contributed by atoms with Gasteiger partial charge in [0.25, 0.3) is 0 Å². The highest BCUT2D eigenvalue weighted by molar-refractivity contribution is 5.77. The predicted molar refractivity (Wildman–Crippen MR) is 93.6 cm³/mol. The van der Waals surface area contributed by atoms with Crippen molar-refractivity contribution >= 4 is 5.69 Å². The van der Waals surface area contributed by atoms with Crippen LogP contribution < -0.4 is 5.32 Å². The Labute approximate surface area is 136 Å². The largest absolute Gasteiger partial charge is 0.384 e. The molecule has 0 aliphatic carbocycles. The molecule has 4 heteroatoms. The normalized spacial score (nSPS) is 20.3. The van der Waals surface area contributed by atoms with Crippen LogP contribution in [0.2, 0.25) is 0 Å². The SMILES string of the molecule is CN1CCc2c(-c3ccccc3)cc3c(c2C1)NCCC3N=O. The Morgan fingerprint density at radius 2 is 2.04 bits per heavy atom. The van der Waals surface area contributed by atoms with Gasteiger partial charge in [-0.2, -0.15) is 4.91 Å². The van der Waals surface area contributed by atoms with Crippen molar-refractivity contribution in [2.45, 2.75) is 25.4 Å². The lowest BCUT2D eigenvalue weighted by atomic mass is 9.84. The molecule has 0 bridgehead atoms. The van der Waals surface area contributed by atoms with E-state index in [1.165, 1.54) is 22.3 Å². The average molecular weight is 307 g/mol. The number of hydrogen-bond acceptors (Lipinski definition) is 4. The summed E-state index contributed by atoms with van der Waals surface area (Å²) in [6.45, 7) is 2.82. The van der Waals surface area contributed by atoms with Crippen molar-refractivity contribution in [3.8, 4) is 11.1 Å². The molecule has 1 unspecified atom stereocenters. The summed E-state index contributed by atoms with van der Waals surface area (Å²) >= 11 is 0. The molecule has 0 saturated heterocycles. The maximum Gasteiger partial charge on any atom is 0.121 e. The molecule has 2 heterocycles. The maximum absolute atomic E-state index is 11.3. The zero-order valence-corrected chi connectivity index (χ0v) is 13.4. The highest BCUT2D eigenvalue weighted by atomic mass is 16.3. The molecular formula is C19H21N3O. The van der Waals surface area contributed by atoms with E-state index in [2.05, 4.69) is 52.8 Å². The van der Waals surface area contributed by atoms with Crippen LogP contribution in [0.1, 0.15) is 29.2 Å². The van der Waals surface area contributed by atoms with Crippen LogP contribution in [-0.4, -0.2) is 25.0 Å². The van der Waals surface area contributed by atoms with Gasteiger partial charge >= 0.3 is 0 Å². The minimum Gasteiger partial charge on any atom is -0.384 e. The predicted octanol–water partition coefficient (Wildman–Crippen LogP) is 3.96. The summed E-state index contributed by atoms with van der Waals surface area (Å²) in [6.07, 6.45) is 1.82. The number of nitrogens with one attached hydrogen (secondary N) is 1. The zero-order chi connectivity index (χ0) is 15.8. The third-order valence-electron chi connectivity index (χ3n) is 5.04. The quantitative estimate of drug-likeness (QED) is 0.854. The highest BCUT2D eigenvalue weighted by Crippen LogP contribution is 2.43. The van der Waals surface area contributed by atoms with Crippen LogP contribution in [0, 0.1) is 4.91 Å². The minimum absolute atomic E-state index is 0.230. The van der Waals surface area contributed by atoms with Crippen LogP contribution in [-0.2, 0) is 13.0 Å². The summed E-state index contributed by atoms with van der Waals surface area (Å²) in [7, 11) is 2.16. The molecule has 0 saturated carbocycles. The zero-order valence-electron chi connectivity index (χ0n) is 13.4. The first-order valence-corrected chi connectivity index (χ1v) is 8.27. The van der Waals surface area contributed by atoms with E-state index in [1.807, 2.05) is 6.07 Å². The molecule has 0 fully saturated rings. The van der Waals surface area contributed by atoms with Crippen molar-refractivity contribution in [1.29, 1.82) is 0 Å². The molecule has 4 nitrogen and oxygen atoms in total. The van der Waals surface area contributed by atoms with Crippen LogP contribution in [0.25, 0.3) is 11.1 Å². The number of nitroso groups, excluding NO2 is 1. The molecule has 2 aromatic rings. The smallest absolute Gasteiger partial charge is 0.121 e. The van der Waals surface area contributed by atoms with Crippen molar-refractivity contribution in [3.63, 3.8) is 0 Å². The number of fused-ring (bicyclic) bond motifs is 3. The van der Waals surface area contributed by atoms with Crippen LogP contribution in [0.3, 0.4) is 0 Å². The summed E-state index contributed by atoms with van der Waals surface area (Å²) in [5.74, 6) is 0. The molecule has 4 rings (SSSR count). The lowest BCUT2D eigenvalue weighted by molar-refractivity contribution is 0.313. The van der Waals surface area contributed by atoms with Gasteiger partial charge in [0, 0.05) is 30.9 Å². The topological polar surface area (TPSA) is 44.7 Å². The van der Waals surface area contributed by atoms with E-state index < -0.39 is 0 Å². The monoisotopic (exact) mass is 307 g/mol. The Hall–Kier alpha value is -2.20. The summed E-state index contributed by atoms with van der Waals surface area (Å²) in [5, 5.41) is 6.92. The second-order valence-electron chi connectivity index (χ2n) is 6.54. The van der Waals surface area contributed by atoms with E-state index in [0.29, 0.717) is 0 Å². The van der Waals surface area contributed by atoms with E-state index in [0.717, 1.165) is 43.7 Å². The van der Waals surface area contributed by atoms with Crippen molar-refractivity contribution in [1.82, 2.24) is 4.90 Å². The first-order valence-electron chi connectivity index (χ1n) is 8.27. The molecule has 0 spiro atoms. The standard InChI is InChI=1S/C19H21N3O/c1-22-10-8-14-15(13-5-3-2-4-6-13)11-16-18(21-23)7-9-20-19(16)17(14)12-22/h2-6,11,18,20H,7-10,12H2,1H3. The van der Waals surface area contributed by atoms with Crippen molar-refractivity contribution < 1.29 is 0 Å². The third-order valence-corrected chi connectivity index (χ3v) is 5.04. The number of rotatable bonds is 2. The Bertz CT molecular complexity index is 742. The molecule has 0 aromatic heterocycles. The van der Waals surface area contributed by atoms with Gasteiger partial charge in [-0.1, -0.05) is 35.5 Å². The number of nitrogens with zero attached hydrogens (tertiary/aromatic N) is 2. The van der Waals surface area contributed by atoms with E-state index in [-0.39, 0.29) is 6.04 Å². The molecule has 0 radical (unpaired) electrons. The van der Waals surface area contributed by atoms with E-state index in [1.54, 1.807) is 0 Å². The van der Waals surface area contributed by atoms with E-state index in [9.17, 15) is 4.91 Å². The van der Waals surface area contributed by atoms with Gasteiger partial charge in [0.05, 0.1) is 0 Å². The van der Waals surface area contributed by atoms with Gasteiger partial charge in [-0.25, -0.2) is 0 Å². The Morgan fingerprint density at radius 3 is 2.83 bits per heavy atom. The second-order valence-corrected chi connectivity index (χ2v) is 6.54. The number of anilines is 1. The van der Waals surface area contributed by atoms with Gasteiger partial charge in [-0.3, -0.25) is 0 Å². The molecule has 2 aromatic carbocycles. The first kappa shape index (κ1) is 14.4. The van der Waals surface area contributed by atoms with Gasteiger partial charge in [-0.05, 0) is 48.2 Å². The second kappa shape index (κ2) is 5.78. The fourth-order valence-corrected chi connectivity index (χ4v) is 3.86. The van der Waals surface area contributed by atoms with Gasteiger partial charge in [0.15, 0.2) is 0 Å². The molecular weight excluding hydrogens is 286 g/mol. The third kappa shape index (κ3) is 2.43. The number of likely N-dealkylation sites (N-methyl/N-ethyl adjacent to an activating group) is 1. The van der Waals surface area contributed by atoms with Crippen LogP contribution in [0.4, 0.5) is 5.69 Å². The van der Waals surface area contributed by atoms with Crippen LogP contribution >= 0.6 is 0 Å². The lowest BCUT2D eigenvalue weighted by Crippen LogP contribution is -2.29. The lowest BCUT2D eigenvalue weighted by Gasteiger charge is -2.33. The molecule has 23 heavy (non-hydrogen) atoms. The van der Waals surface area contributed by atoms with Crippen LogP contribution in [0.5, 0.6) is 0 Å². The maximum atomic E-state index is 11.3. The molecule has 118 valence electrons. The highest BCUT2D eigenvalue weighted by Gasteiger charge is 2.29. The van der Waals surface area contributed by atoms with Gasteiger partial charge in [-0.15, -0.1) is 0 Å². The summed E-state index contributed by atoms with van der Waals surface area (Å²) < 4.78 is 0. The summed E-state index contributed by atoms with van der Waals surface area (Å²) in [6, 6.07) is 12.5. The minimum atomic E-state index is -0.230. The summed E-state index contributed by atoms with van der Waals surface area (Å²) in [4.78, 5) is 13.7. The average Bonchev–Trinajstić information content (AvgIpc) is 2.61. The van der Waals surface area contributed by atoms with E-state index >= 15 is 0 Å². The number of benzene rings is 2. The molecule has 1 N–H and O–H groups in total. The van der Waals surface area contributed by atoms with Crippen molar-refractivity contribution in [2.24, 2.45) is 5.18 Å². The Kier molecular flexibility index (Phi) is 3.62. The van der Waals surface area contributed by atoms with Gasteiger partial charge in [0.1, 0.15) is 6.04 Å². The van der Waals surface area contributed by atoms with Gasteiger partial charge < -0.3 is 10.2 Å². The fourth-order valence-electron chi connectivity index (χ4n) is 3.86. The first-order chi connectivity index (χ1) is 11.3. The molecule has 1 atom stereocenters. The molecule has 2 aliphatic heterocycles. The van der Waals surface area contributed by atoms with Crippen molar-refractivity contribution in [3.05, 3.63) is 58.0 Å². The number of hydrogen-bond donors (Lipinski definition) is 1. The Balaban J connectivity index is 1.96. The fraction of sp³-hybridized carbons (Fsp3) is 0.368. The summed E-state index contributed by atoms with van der Waals surface area (Å²) in [5.41, 5.74) is 7.49. The Morgan fingerprint density at radius 1 is 1.22 bits per heavy atom. The van der Waals surface area contributed by atoms with Gasteiger partial charge in [0.2, 0.25) is 0 Å². The van der Waals surface area contributed by atoms with E-state index in [4.69, 9.17) is 0 Å².